The highest BCUT2D eigenvalue weighted by atomic mass is 35.5. The van der Waals surface area contributed by atoms with Gasteiger partial charge in [-0.05, 0) is 19.1 Å². The normalized spacial score (nSPS) is 20.9. The Morgan fingerprint density at radius 1 is 1.40 bits per heavy atom. The maximum atomic E-state index is 6.16. The van der Waals surface area contributed by atoms with Crippen LogP contribution in [0.2, 0.25) is 5.02 Å². The Balaban J connectivity index is 0.00000112. The number of hydrogen-bond donors (Lipinski definition) is 1. The molecule has 1 aromatic carbocycles. The average molecular weight is 247 g/mol. The van der Waals surface area contributed by atoms with E-state index in [-0.39, 0.29) is 12.4 Å². The van der Waals surface area contributed by atoms with Gasteiger partial charge in [0.2, 0.25) is 0 Å². The van der Waals surface area contributed by atoms with Crippen LogP contribution < -0.4 is 10.2 Å². The predicted molar refractivity (Wildman–Crippen MR) is 68.4 cm³/mol. The second-order valence-electron chi connectivity index (χ2n) is 3.70. The molecule has 2 nitrogen and oxygen atoms in total. The summed E-state index contributed by atoms with van der Waals surface area (Å²) >= 11 is 6.16. The van der Waals surface area contributed by atoms with Crippen LogP contribution in [0.15, 0.2) is 24.3 Å². The van der Waals surface area contributed by atoms with Crippen LogP contribution in [0.5, 0.6) is 0 Å². The van der Waals surface area contributed by atoms with Gasteiger partial charge in [-0.25, -0.2) is 0 Å². The number of nitrogens with zero attached hydrogens (tertiary/aromatic N) is 1. The molecule has 0 spiro atoms. The lowest BCUT2D eigenvalue weighted by molar-refractivity contribution is 0.501. The van der Waals surface area contributed by atoms with Crippen LogP contribution in [-0.4, -0.2) is 25.7 Å². The minimum Gasteiger partial charge on any atom is -0.365 e. The summed E-state index contributed by atoms with van der Waals surface area (Å²) in [6.45, 7) is 5.32. The van der Waals surface area contributed by atoms with E-state index in [2.05, 4.69) is 23.2 Å². The highest BCUT2D eigenvalue weighted by Gasteiger charge is 2.19. The maximum absolute atomic E-state index is 6.16. The van der Waals surface area contributed by atoms with Crippen LogP contribution in [-0.2, 0) is 0 Å². The molecule has 1 aromatic rings. The third kappa shape index (κ3) is 2.77. The summed E-state index contributed by atoms with van der Waals surface area (Å²) in [6.07, 6.45) is 0. The molecule has 1 aliphatic heterocycles. The van der Waals surface area contributed by atoms with E-state index in [4.69, 9.17) is 11.6 Å². The van der Waals surface area contributed by atoms with Gasteiger partial charge in [0.1, 0.15) is 0 Å². The van der Waals surface area contributed by atoms with Gasteiger partial charge in [0.25, 0.3) is 0 Å². The maximum Gasteiger partial charge on any atom is 0.0639 e. The molecule has 1 heterocycles. The van der Waals surface area contributed by atoms with Gasteiger partial charge in [0.15, 0.2) is 0 Å². The molecule has 0 aliphatic carbocycles. The van der Waals surface area contributed by atoms with Gasteiger partial charge in [-0.15, -0.1) is 12.4 Å². The Labute approximate surface area is 102 Å². The number of rotatable bonds is 1. The van der Waals surface area contributed by atoms with E-state index >= 15 is 0 Å². The first kappa shape index (κ1) is 12.6. The van der Waals surface area contributed by atoms with E-state index in [9.17, 15) is 0 Å². The first-order chi connectivity index (χ1) is 6.79. The van der Waals surface area contributed by atoms with Crippen molar-refractivity contribution in [1.82, 2.24) is 5.32 Å². The quantitative estimate of drug-likeness (QED) is 0.820. The number of hydrogen-bond acceptors (Lipinski definition) is 2. The molecule has 2 rings (SSSR count). The van der Waals surface area contributed by atoms with Crippen molar-refractivity contribution in [2.24, 2.45) is 0 Å². The summed E-state index contributed by atoms with van der Waals surface area (Å²) in [5, 5.41) is 4.22. The molecule has 15 heavy (non-hydrogen) atoms. The van der Waals surface area contributed by atoms with Crippen LogP contribution in [0.25, 0.3) is 0 Å². The predicted octanol–water partition coefficient (Wildman–Crippen LogP) is 2.56. The topological polar surface area (TPSA) is 15.3 Å². The largest absolute Gasteiger partial charge is 0.365 e. The van der Waals surface area contributed by atoms with Crippen LogP contribution in [0.1, 0.15) is 6.92 Å². The molecule has 1 atom stereocenters. The number of benzene rings is 1. The zero-order valence-corrected chi connectivity index (χ0v) is 10.3. The highest BCUT2D eigenvalue weighted by Crippen LogP contribution is 2.27. The van der Waals surface area contributed by atoms with Crippen molar-refractivity contribution in [3.63, 3.8) is 0 Å². The molecule has 0 aromatic heterocycles. The van der Waals surface area contributed by atoms with Crippen LogP contribution in [0, 0.1) is 0 Å². The third-order valence-corrected chi connectivity index (χ3v) is 2.98. The fourth-order valence-electron chi connectivity index (χ4n) is 1.88. The zero-order valence-electron chi connectivity index (χ0n) is 8.74. The third-order valence-electron chi connectivity index (χ3n) is 2.66. The standard InChI is InChI=1S/C11H15ClN2.ClH/c1-9-8-13-6-7-14(9)11-5-3-2-4-10(11)12;/h2-5,9,13H,6-8H2,1H3;1H/t9-;/m1./s1. The van der Waals surface area contributed by atoms with Crippen LogP contribution in [0.3, 0.4) is 0 Å². The smallest absolute Gasteiger partial charge is 0.0639 e. The Bertz CT molecular complexity index is 317. The van der Waals surface area contributed by atoms with E-state index in [1.165, 1.54) is 0 Å². The highest BCUT2D eigenvalue weighted by molar-refractivity contribution is 6.33. The van der Waals surface area contributed by atoms with Crippen molar-refractivity contribution >= 4 is 29.7 Å². The molecule has 0 unspecified atom stereocenters. The van der Waals surface area contributed by atoms with E-state index in [0.29, 0.717) is 6.04 Å². The molecular weight excluding hydrogens is 231 g/mol. The first-order valence-electron chi connectivity index (χ1n) is 5.01. The van der Waals surface area contributed by atoms with E-state index in [1.54, 1.807) is 0 Å². The number of halogens is 2. The van der Waals surface area contributed by atoms with Gasteiger partial charge in [-0.2, -0.15) is 0 Å². The SMILES string of the molecule is C[C@@H]1CNCCN1c1ccccc1Cl.Cl. The molecule has 1 N–H and O–H groups in total. The molecule has 1 aliphatic rings. The van der Waals surface area contributed by atoms with Gasteiger partial charge in [-0.3, -0.25) is 0 Å². The number of nitrogens with one attached hydrogen (secondary N) is 1. The minimum absolute atomic E-state index is 0. The van der Waals surface area contributed by atoms with E-state index in [0.717, 1.165) is 30.3 Å². The van der Waals surface area contributed by atoms with Crippen LogP contribution >= 0.6 is 24.0 Å². The summed E-state index contributed by atoms with van der Waals surface area (Å²) < 4.78 is 0. The Hall–Kier alpha value is -0.440. The molecule has 84 valence electrons. The van der Waals surface area contributed by atoms with Gasteiger partial charge in [0.05, 0.1) is 10.7 Å². The van der Waals surface area contributed by atoms with Crippen LogP contribution in [0.4, 0.5) is 5.69 Å². The Morgan fingerprint density at radius 3 is 2.80 bits per heavy atom. The fourth-order valence-corrected chi connectivity index (χ4v) is 2.13. The number of anilines is 1. The van der Waals surface area contributed by atoms with E-state index in [1.807, 2.05) is 18.2 Å². The lowest BCUT2D eigenvalue weighted by atomic mass is 10.2. The molecule has 1 fully saturated rings. The van der Waals surface area contributed by atoms with Gasteiger partial charge < -0.3 is 10.2 Å². The Kier molecular flexibility index (Phi) is 4.71. The summed E-state index contributed by atoms with van der Waals surface area (Å²) in [5.74, 6) is 0. The molecule has 4 heteroatoms. The lowest BCUT2D eigenvalue weighted by Crippen LogP contribution is -2.50. The van der Waals surface area contributed by atoms with Crippen molar-refractivity contribution in [2.45, 2.75) is 13.0 Å². The van der Waals surface area contributed by atoms with Crippen molar-refractivity contribution in [2.75, 3.05) is 24.5 Å². The van der Waals surface area contributed by atoms with Gasteiger partial charge in [-0.1, -0.05) is 23.7 Å². The average Bonchev–Trinajstić information content (AvgIpc) is 2.20. The second-order valence-corrected chi connectivity index (χ2v) is 4.11. The summed E-state index contributed by atoms with van der Waals surface area (Å²) in [5.41, 5.74) is 1.16. The number of piperazine rings is 1. The fraction of sp³-hybridized carbons (Fsp3) is 0.455. The molecule has 0 radical (unpaired) electrons. The molecule has 1 saturated heterocycles. The monoisotopic (exact) mass is 246 g/mol. The second kappa shape index (κ2) is 5.59. The molecule has 0 amide bonds. The molecule has 0 bridgehead atoms. The van der Waals surface area contributed by atoms with Gasteiger partial charge in [0, 0.05) is 25.7 Å². The van der Waals surface area contributed by atoms with Crippen molar-refractivity contribution in [3.05, 3.63) is 29.3 Å². The van der Waals surface area contributed by atoms with Crippen molar-refractivity contribution in [1.29, 1.82) is 0 Å². The molecular formula is C11H16Cl2N2. The summed E-state index contributed by atoms with van der Waals surface area (Å²) in [7, 11) is 0. The first-order valence-corrected chi connectivity index (χ1v) is 5.39. The number of para-hydroxylation sites is 1. The minimum atomic E-state index is 0. The molecule has 0 saturated carbocycles. The zero-order chi connectivity index (χ0) is 9.97. The lowest BCUT2D eigenvalue weighted by Gasteiger charge is -2.36. The van der Waals surface area contributed by atoms with E-state index < -0.39 is 0 Å². The van der Waals surface area contributed by atoms with Crippen molar-refractivity contribution in [3.8, 4) is 0 Å². The summed E-state index contributed by atoms with van der Waals surface area (Å²) in [6, 6.07) is 8.56. The van der Waals surface area contributed by atoms with Crippen molar-refractivity contribution < 1.29 is 0 Å². The Morgan fingerprint density at radius 2 is 2.13 bits per heavy atom. The van der Waals surface area contributed by atoms with Gasteiger partial charge >= 0.3 is 0 Å². The summed E-state index contributed by atoms with van der Waals surface area (Å²) in [4.78, 5) is 2.36.